The molecule has 0 amide bonds. The summed E-state index contributed by atoms with van der Waals surface area (Å²) in [6, 6.07) is 5.74. The first-order valence-corrected chi connectivity index (χ1v) is 6.87. The fourth-order valence-corrected chi connectivity index (χ4v) is 3.50. The minimum Gasteiger partial charge on any atom is -0.480 e. The van der Waals surface area contributed by atoms with Gasteiger partial charge in [-0.3, -0.25) is 0 Å². The van der Waals surface area contributed by atoms with E-state index in [9.17, 15) is 9.90 Å². The van der Waals surface area contributed by atoms with Crippen LogP contribution in [0.25, 0.3) is 0 Å². The summed E-state index contributed by atoms with van der Waals surface area (Å²) in [7, 11) is 0. The number of nitrogens with zero attached hydrogens (tertiary/aromatic N) is 1. The fourth-order valence-electron chi connectivity index (χ4n) is 3.50. The smallest absolute Gasteiger partial charge is 0.326 e. The van der Waals surface area contributed by atoms with Crippen LogP contribution in [0.1, 0.15) is 51.2 Å². The average Bonchev–Trinajstić information content (AvgIpc) is 2.29. The van der Waals surface area contributed by atoms with Crippen LogP contribution in [0.3, 0.4) is 0 Å². The van der Waals surface area contributed by atoms with Crippen LogP contribution in [-0.4, -0.2) is 22.7 Å². The lowest BCUT2D eigenvalue weighted by Gasteiger charge is -2.50. The van der Waals surface area contributed by atoms with E-state index in [0.29, 0.717) is 5.92 Å². The Morgan fingerprint density at radius 2 is 2.11 bits per heavy atom. The lowest BCUT2D eigenvalue weighted by atomic mass is 9.78. The Morgan fingerprint density at radius 1 is 1.47 bits per heavy atom. The predicted octanol–water partition coefficient (Wildman–Crippen LogP) is 3.56. The third kappa shape index (κ3) is 2.22. The van der Waals surface area contributed by atoms with E-state index in [1.165, 1.54) is 5.56 Å². The van der Waals surface area contributed by atoms with Gasteiger partial charge in [-0.15, -0.1) is 0 Å². The van der Waals surface area contributed by atoms with Crippen molar-refractivity contribution in [2.45, 2.75) is 58.5 Å². The molecule has 0 radical (unpaired) electrons. The SMILES string of the molecule is Cc1cccc2c1N(C(C)C(=O)O)C(C)(C)CC2C. The molecule has 19 heavy (non-hydrogen) atoms. The number of aryl methyl sites for hydroxylation is 1. The molecule has 0 fully saturated rings. The van der Waals surface area contributed by atoms with Crippen molar-refractivity contribution < 1.29 is 9.90 Å². The monoisotopic (exact) mass is 261 g/mol. The van der Waals surface area contributed by atoms with E-state index in [1.807, 2.05) is 0 Å². The standard InChI is InChI=1S/C16H23NO2/c1-10-7-6-8-13-11(2)9-16(4,5)17(14(10)13)12(3)15(18)19/h6-8,11-12H,9H2,1-5H3,(H,18,19). The Kier molecular flexibility index (Phi) is 3.33. The molecule has 3 nitrogen and oxygen atoms in total. The molecular formula is C16H23NO2. The number of carboxylic acid groups (broad SMARTS) is 1. The van der Waals surface area contributed by atoms with Crippen molar-refractivity contribution in [1.82, 2.24) is 0 Å². The van der Waals surface area contributed by atoms with Gasteiger partial charge in [-0.2, -0.15) is 0 Å². The maximum absolute atomic E-state index is 11.4. The van der Waals surface area contributed by atoms with E-state index < -0.39 is 12.0 Å². The average molecular weight is 261 g/mol. The molecule has 0 aliphatic carbocycles. The van der Waals surface area contributed by atoms with Gasteiger partial charge in [0.1, 0.15) is 6.04 Å². The van der Waals surface area contributed by atoms with Crippen LogP contribution in [0.4, 0.5) is 5.69 Å². The van der Waals surface area contributed by atoms with Gasteiger partial charge < -0.3 is 10.0 Å². The highest BCUT2D eigenvalue weighted by molar-refractivity contribution is 5.80. The zero-order chi connectivity index (χ0) is 14.4. The van der Waals surface area contributed by atoms with Crippen molar-refractivity contribution in [3.63, 3.8) is 0 Å². The number of fused-ring (bicyclic) bond motifs is 1. The molecule has 2 atom stereocenters. The molecule has 1 heterocycles. The number of aliphatic carboxylic acids is 1. The second kappa shape index (κ2) is 4.55. The molecule has 2 rings (SSSR count). The van der Waals surface area contributed by atoms with E-state index in [4.69, 9.17) is 0 Å². The zero-order valence-corrected chi connectivity index (χ0v) is 12.4. The molecule has 1 N–H and O–H groups in total. The largest absolute Gasteiger partial charge is 0.480 e. The van der Waals surface area contributed by atoms with Crippen molar-refractivity contribution in [1.29, 1.82) is 0 Å². The van der Waals surface area contributed by atoms with Crippen LogP contribution < -0.4 is 4.90 Å². The Balaban J connectivity index is 2.64. The highest BCUT2D eigenvalue weighted by Gasteiger charge is 2.41. The van der Waals surface area contributed by atoms with Crippen molar-refractivity contribution in [2.75, 3.05) is 4.90 Å². The van der Waals surface area contributed by atoms with Gasteiger partial charge >= 0.3 is 5.97 Å². The van der Waals surface area contributed by atoms with E-state index in [1.54, 1.807) is 6.92 Å². The second-order valence-corrected chi connectivity index (χ2v) is 6.31. The van der Waals surface area contributed by atoms with Crippen LogP contribution in [0.5, 0.6) is 0 Å². The lowest BCUT2D eigenvalue weighted by Crippen LogP contribution is -2.55. The summed E-state index contributed by atoms with van der Waals surface area (Å²) in [6.07, 6.45) is 0.973. The van der Waals surface area contributed by atoms with Crippen molar-refractivity contribution in [2.24, 2.45) is 0 Å². The summed E-state index contributed by atoms with van der Waals surface area (Å²) in [4.78, 5) is 13.5. The number of carboxylic acids is 1. The highest BCUT2D eigenvalue weighted by Crippen LogP contribution is 2.45. The van der Waals surface area contributed by atoms with Crippen LogP contribution >= 0.6 is 0 Å². The summed E-state index contributed by atoms with van der Waals surface area (Å²) >= 11 is 0. The molecule has 3 heteroatoms. The van der Waals surface area contributed by atoms with Crippen LogP contribution in [0.2, 0.25) is 0 Å². The fraction of sp³-hybridized carbons (Fsp3) is 0.562. The van der Waals surface area contributed by atoms with Gasteiger partial charge in [-0.05, 0) is 51.2 Å². The van der Waals surface area contributed by atoms with Crippen molar-refractivity contribution >= 4 is 11.7 Å². The number of carbonyl (C=O) groups is 1. The summed E-state index contributed by atoms with van der Waals surface area (Å²) in [5.41, 5.74) is 3.40. The zero-order valence-electron chi connectivity index (χ0n) is 12.4. The normalized spacial score (nSPS) is 22.8. The number of hydrogen-bond donors (Lipinski definition) is 1. The molecule has 0 saturated heterocycles. The molecule has 0 spiro atoms. The van der Waals surface area contributed by atoms with Gasteiger partial charge in [-0.1, -0.05) is 25.1 Å². The summed E-state index contributed by atoms with van der Waals surface area (Å²) in [5, 5.41) is 9.41. The van der Waals surface area contributed by atoms with E-state index >= 15 is 0 Å². The first-order valence-electron chi connectivity index (χ1n) is 6.87. The minimum absolute atomic E-state index is 0.143. The van der Waals surface area contributed by atoms with Crippen molar-refractivity contribution in [3.8, 4) is 0 Å². The maximum atomic E-state index is 11.4. The van der Waals surface area contributed by atoms with Gasteiger partial charge in [0.2, 0.25) is 0 Å². The van der Waals surface area contributed by atoms with Crippen LogP contribution in [-0.2, 0) is 4.79 Å². The first kappa shape index (κ1) is 13.9. The Bertz CT molecular complexity index is 507. The summed E-state index contributed by atoms with van der Waals surface area (Å²) < 4.78 is 0. The second-order valence-electron chi connectivity index (χ2n) is 6.31. The highest BCUT2D eigenvalue weighted by atomic mass is 16.4. The number of para-hydroxylation sites is 1. The maximum Gasteiger partial charge on any atom is 0.326 e. The summed E-state index contributed by atoms with van der Waals surface area (Å²) in [5.74, 6) is -0.307. The van der Waals surface area contributed by atoms with Gasteiger partial charge in [0, 0.05) is 11.2 Å². The number of anilines is 1. The van der Waals surface area contributed by atoms with Gasteiger partial charge in [0.25, 0.3) is 0 Å². The van der Waals surface area contributed by atoms with Gasteiger partial charge in [0.15, 0.2) is 0 Å². The molecule has 0 bridgehead atoms. The van der Waals surface area contributed by atoms with E-state index in [-0.39, 0.29) is 5.54 Å². The van der Waals surface area contributed by atoms with Crippen LogP contribution in [0, 0.1) is 6.92 Å². The van der Waals surface area contributed by atoms with Gasteiger partial charge in [0.05, 0.1) is 0 Å². The van der Waals surface area contributed by atoms with E-state index in [2.05, 4.69) is 50.8 Å². The molecule has 1 aliphatic rings. The van der Waals surface area contributed by atoms with Crippen molar-refractivity contribution in [3.05, 3.63) is 29.3 Å². The Labute approximate surface area is 115 Å². The molecular weight excluding hydrogens is 238 g/mol. The number of benzene rings is 1. The topological polar surface area (TPSA) is 40.5 Å². The summed E-state index contributed by atoms with van der Waals surface area (Å²) in [6.45, 7) is 10.3. The molecule has 1 aliphatic heterocycles. The Hall–Kier alpha value is -1.51. The minimum atomic E-state index is -0.767. The Morgan fingerprint density at radius 3 is 2.68 bits per heavy atom. The molecule has 2 unspecified atom stereocenters. The molecule has 1 aromatic rings. The number of rotatable bonds is 2. The third-order valence-electron chi connectivity index (χ3n) is 4.24. The predicted molar refractivity (Wildman–Crippen MR) is 77.9 cm³/mol. The first-order chi connectivity index (χ1) is 8.75. The molecule has 1 aromatic carbocycles. The lowest BCUT2D eigenvalue weighted by molar-refractivity contribution is -0.138. The quantitative estimate of drug-likeness (QED) is 0.885. The van der Waals surface area contributed by atoms with Crippen LogP contribution in [0.15, 0.2) is 18.2 Å². The molecule has 0 saturated carbocycles. The van der Waals surface area contributed by atoms with Gasteiger partial charge in [-0.25, -0.2) is 4.79 Å². The molecule has 0 aromatic heterocycles. The number of hydrogen-bond acceptors (Lipinski definition) is 2. The molecule has 104 valence electrons. The van der Waals surface area contributed by atoms with E-state index in [0.717, 1.165) is 17.7 Å². The third-order valence-corrected chi connectivity index (χ3v) is 4.24.